The van der Waals surface area contributed by atoms with Crippen LogP contribution in [0, 0.1) is 5.82 Å². The highest BCUT2D eigenvalue weighted by Crippen LogP contribution is 2.20. The maximum atomic E-state index is 13.3. The average Bonchev–Trinajstić information content (AvgIpc) is 2.73. The lowest BCUT2D eigenvalue weighted by atomic mass is 10.2. The molecule has 0 heterocycles. The molecule has 148 valence electrons. The van der Waals surface area contributed by atoms with Crippen LogP contribution in [0.25, 0.3) is 0 Å². The Kier molecular flexibility index (Phi) is 7.67. The SMILES string of the molecule is O=C(CSc1ccc(Cl)cc1)N/N=C\c1ccccc1OCc1cccc(F)c1. The van der Waals surface area contributed by atoms with Gasteiger partial charge in [-0.05, 0) is 54.1 Å². The number of halogens is 2. The number of hydrogen-bond acceptors (Lipinski definition) is 4. The Bertz CT molecular complexity index is 996. The first-order valence-electron chi connectivity index (χ1n) is 8.77. The summed E-state index contributed by atoms with van der Waals surface area (Å²) in [5.74, 6) is 0.293. The molecule has 3 aromatic carbocycles. The summed E-state index contributed by atoms with van der Waals surface area (Å²) < 4.78 is 19.0. The number of nitrogens with zero attached hydrogens (tertiary/aromatic N) is 1. The number of thioether (sulfide) groups is 1. The van der Waals surface area contributed by atoms with Crippen LogP contribution in [0.5, 0.6) is 5.75 Å². The van der Waals surface area contributed by atoms with Gasteiger partial charge in [0.1, 0.15) is 18.2 Å². The molecule has 0 fully saturated rings. The van der Waals surface area contributed by atoms with Crippen molar-refractivity contribution < 1.29 is 13.9 Å². The molecule has 0 atom stereocenters. The monoisotopic (exact) mass is 428 g/mol. The minimum Gasteiger partial charge on any atom is -0.488 e. The molecular formula is C22H18ClFN2O2S. The average molecular weight is 429 g/mol. The third-order valence-corrected chi connectivity index (χ3v) is 5.04. The van der Waals surface area contributed by atoms with Crippen LogP contribution >= 0.6 is 23.4 Å². The molecule has 0 bridgehead atoms. The lowest BCUT2D eigenvalue weighted by molar-refractivity contribution is -0.118. The quantitative estimate of drug-likeness (QED) is 0.301. The Morgan fingerprint density at radius 3 is 2.69 bits per heavy atom. The Hall–Kier alpha value is -2.83. The standard InChI is InChI=1S/C22H18ClFN2O2S/c23-18-8-10-20(11-9-18)29-15-22(27)26-25-13-17-5-1-2-7-21(17)28-14-16-4-3-6-19(24)12-16/h1-13H,14-15H2,(H,26,27)/b25-13-. The minimum absolute atomic E-state index is 0.223. The van der Waals surface area contributed by atoms with Crippen LogP contribution in [-0.4, -0.2) is 17.9 Å². The molecule has 0 spiro atoms. The van der Waals surface area contributed by atoms with E-state index in [2.05, 4.69) is 10.5 Å². The van der Waals surface area contributed by atoms with E-state index < -0.39 is 0 Å². The van der Waals surface area contributed by atoms with E-state index in [4.69, 9.17) is 16.3 Å². The molecular weight excluding hydrogens is 411 g/mol. The van der Waals surface area contributed by atoms with Crippen molar-refractivity contribution in [2.24, 2.45) is 5.10 Å². The van der Waals surface area contributed by atoms with Crippen LogP contribution < -0.4 is 10.2 Å². The van der Waals surface area contributed by atoms with Crippen LogP contribution in [0.1, 0.15) is 11.1 Å². The van der Waals surface area contributed by atoms with Crippen molar-refractivity contribution in [2.75, 3.05) is 5.75 Å². The van der Waals surface area contributed by atoms with E-state index >= 15 is 0 Å². The van der Waals surface area contributed by atoms with Gasteiger partial charge >= 0.3 is 0 Å². The summed E-state index contributed by atoms with van der Waals surface area (Å²) in [6.45, 7) is 0.229. The lowest BCUT2D eigenvalue weighted by Crippen LogP contribution is -2.19. The fourth-order valence-electron chi connectivity index (χ4n) is 2.39. The number of hydrazone groups is 1. The molecule has 0 saturated heterocycles. The second-order valence-electron chi connectivity index (χ2n) is 5.99. The second kappa shape index (κ2) is 10.6. The van der Waals surface area contributed by atoms with Gasteiger partial charge in [0.05, 0.1) is 12.0 Å². The number of carbonyl (C=O) groups is 1. The minimum atomic E-state index is -0.305. The van der Waals surface area contributed by atoms with Gasteiger partial charge in [0, 0.05) is 15.5 Å². The van der Waals surface area contributed by atoms with E-state index in [9.17, 15) is 9.18 Å². The number of ether oxygens (including phenoxy) is 1. The first-order valence-corrected chi connectivity index (χ1v) is 10.1. The summed E-state index contributed by atoms with van der Waals surface area (Å²) in [6.07, 6.45) is 1.52. The number of rotatable bonds is 8. The van der Waals surface area contributed by atoms with Crippen LogP contribution in [0.2, 0.25) is 5.02 Å². The number of hydrogen-bond donors (Lipinski definition) is 1. The van der Waals surface area contributed by atoms with Gasteiger partial charge < -0.3 is 4.74 Å². The van der Waals surface area contributed by atoms with Gasteiger partial charge in [0.2, 0.25) is 5.91 Å². The van der Waals surface area contributed by atoms with E-state index in [1.165, 1.54) is 30.1 Å². The molecule has 0 unspecified atom stereocenters. The highest BCUT2D eigenvalue weighted by molar-refractivity contribution is 8.00. The van der Waals surface area contributed by atoms with E-state index in [1.807, 2.05) is 30.3 Å². The zero-order valence-electron chi connectivity index (χ0n) is 15.3. The summed E-state index contributed by atoms with van der Waals surface area (Å²) in [5.41, 5.74) is 3.93. The molecule has 1 N–H and O–H groups in total. The maximum Gasteiger partial charge on any atom is 0.250 e. The molecule has 3 aromatic rings. The van der Waals surface area contributed by atoms with E-state index in [0.29, 0.717) is 16.3 Å². The summed E-state index contributed by atoms with van der Waals surface area (Å²) in [6, 6.07) is 20.8. The third-order valence-electron chi connectivity index (χ3n) is 3.78. The first-order chi connectivity index (χ1) is 14.1. The predicted octanol–water partition coefficient (Wildman–Crippen LogP) is 5.30. The molecule has 1 amide bonds. The molecule has 0 aliphatic carbocycles. The van der Waals surface area contributed by atoms with Crippen molar-refractivity contribution in [1.82, 2.24) is 5.43 Å². The Labute approximate surface area is 177 Å². The molecule has 3 rings (SSSR count). The zero-order chi connectivity index (χ0) is 20.5. The van der Waals surface area contributed by atoms with E-state index in [-0.39, 0.29) is 24.1 Å². The van der Waals surface area contributed by atoms with Gasteiger partial charge in [0.25, 0.3) is 0 Å². The van der Waals surface area contributed by atoms with Crippen molar-refractivity contribution >= 4 is 35.5 Å². The summed E-state index contributed by atoms with van der Waals surface area (Å²) in [4.78, 5) is 12.9. The molecule has 0 aliphatic rings. The zero-order valence-corrected chi connectivity index (χ0v) is 16.9. The van der Waals surface area contributed by atoms with Crippen molar-refractivity contribution in [3.05, 3.63) is 94.8 Å². The van der Waals surface area contributed by atoms with Gasteiger partial charge in [-0.2, -0.15) is 5.10 Å². The predicted molar refractivity (Wildman–Crippen MR) is 115 cm³/mol. The summed E-state index contributed by atoms with van der Waals surface area (Å²) >= 11 is 7.24. The van der Waals surface area contributed by atoms with Crippen molar-refractivity contribution in [2.45, 2.75) is 11.5 Å². The Morgan fingerprint density at radius 2 is 1.90 bits per heavy atom. The van der Waals surface area contributed by atoms with Crippen LogP contribution in [0.3, 0.4) is 0 Å². The Morgan fingerprint density at radius 1 is 1.10 bits per heavy atom. The number of benzene rings is 3. The van der Waals surface area contributed by atoms with Gasteiger partial charge in [-0.25, -0.2) is 9.82 Å². The fraction of sp³-hybridized carbons (Fsp3) is 0.0909. The van der Waals surface area contributed by atoms with Crippen molar-refractivity contribution in [3.63, 3.8) is 0 Å². The number of nitrogens with one attached hydrogen (secondary N) is 1. The maximum absolute atomic E-state index is 13.3. The molecule has 0 radical (unpaired) electrons. The summed E-state index contributed by atoms with van der Waals surface area (Å²) in [5, 5.41) is 4.65. The smallest absolute Gasteiger partial charge is 0.250 e. The molecule has 0 aromatic heterocycles. The van der Waals surface area contributed by atoms with Gasteiger partial charge in [-0.1, -0.05) is 35.9 Å². The largest absolute Gasteiger partial charge is 0.488 e. The molecule has 0 aliphatic heterocycles. The lowest BCUT2D eigenvalue weighted by Gasteiger charge is -2.09. The van der Waals surface area contributed by atoms with Crippen molar-refractivity contribution in [1.29, 1.82) is 0 Å². The van der Waals surface area contributed by atoms with Crippen LogP contribution in [0.4, 0.5) is 4.39 Å². The molecule has 0 saturated carbocycles. The normalized spacial score (nSPS) is 10.8. The summed E-state index contributed by atoms with van der Waals surface area (Å²) in [7, 11) is 0. The van der Waals surface area contributed by atoms with Crippen LogP contribution in [-0.2, 0) is 11.4 Å². The number of para-hydroxylation sites is 1. The van der Waals surface area contributed by atoms with Gasteiger partial charge in [-0.15, -0.1) is 11.8 Å². The van der Waals surface area contributed by atoms with Gasteiger partial charge in [-0.3, -0.25) is 4.79 Å². The second-order valence-corrected chi connectivity index (χ2v) is 7.48. The van der Waals surface area contributed by atoms with E-state index in [0.717, 1.165) is 10.5 Å². The number of amides is 1. The van der Waals surface area contributed by atoms with Crippen molar-refractivity contribution in [3.8, 4) is 5.75 Å². The fourth-order valence-corrected chi connectivity index (χ4v) is 3.21. The first kappa shape index (κ1) is 20.9. The molecule has 29 heavy (non-hydrogen) atoms. The topological polar surface area (TPSA) is 50.7 Å². The number of carbonyl (C=O) groups excluding carboxylic acids is 1. The van der Waals surface area contributed by atoms with Crippen LogP contribution in [0.15, 0.2) is 82.8 Å². The molecule has 4 nitrogen and oxygen atoms in total. The molecule has 7 heteroatoms. The third kappa shape index (κ3) is 6.93. The van der Waals surface area contributed by atoms with Gasteiger partial charge in [0.15, 0.2) is 0 Å². The Balaban J connectivity index is 1.52. The highest BCUT2D eigenvalue weighted by Gasteiger charge is 2.04. The van der Waals surface area contributed by atoms with E-state index in [1.54, 1.807) is 30.3 Å². The highest BCUT2D eigenvalue weighted by atomic mass is 35.5.